The van der Waals surface area contributed by atoms with Gasteiger partial charge in [0.2, 0.25) is 0 Å². The summed E-state index contributed by atoms with van der Waals surface area (Å²) >= 11 is 0. The standard InChI is InChI=1S/C10H20N2/c1-9-3-2-6-12(7-9)10(8-11)4-5-10/h9H,2-8,11H2,1H3. The van der Waals surface area contributed by atoms with Crippen LogP contribution in [0, 0.1) is 5.92 Å². The lowest BCUT2D eigenvalue weighted by Crippen LogP contribution is -2.47. The lowest BCUT2D eigenvalue weighted by atomic mass is 9.98. The Hall–Kier alpha value is -0.0800. The number of likely N-dealkylation sites (tertiary alicyclic amines) is 1. The third kappa shape index (κ3) is 1.38. The summed E-state index contributed by atoms with van der Waals surface area (Å²) in [6.45, 7) is 5.82. The maximum Gasteiger partial charge on any atom is 0.0333 e. The molecule has 0 aromatic rings. The van der Waals surface area contributed by atoms with Crippen molar-refractivity contribution in [2.75, 3.05) is 19.6 Å². The van der Waals surface area contributed by atoms with Crippen molar-refractivity contribution in [3.8, 4) is 0 Å². The molecule has 1 saturated heterocycles. The lowest BCUT2D eigenvalue weighted by molar-refractivity contribution is 0.118. The minimum atomic E-state index is 0.453. The summed E-state index contributed by atoms with van der Waals surface area (Å²) in [6, 6.07) is 0. The van der Waals surface area contributed by atoms with E-state index in [-0.39, 0.29) is 0 Å². The Labute approximate surface area is 75.1 Å². The molecular formula is C10H20N2. The highest BCUT2D eigenvalue weighted by atomic mass is 15.2. The number of rotatable bonds is 2. The van der Waals surface area contributed by atoms with Gasteiger partial charge in [0.05, 0.1) is 0 Å². The van der Waals surface area contributed by atoms with E-state index in [2.05, 4.69) is 11.8 Å². The number of nitrogens with two attached hydrogens (primary N) is 1. The van der Waals surface area contributed by atoms with Gasteiger partial charge in [0.1, 0.15) is 0 Å². The van der Waals surface area contributed by atoms with Gasteiger partial charge in [0.25, 0.3) is 0 Å². The van der Waals surface area contributed by atoms with Crippen LogP contribution in [0.1, 0.15) is 32.6 Å². The highest BCUT2D eigenvalue weighted by Gasteiger charge is 2.47. The third-order valence-corrected chi connectivity index (χ3v) is 3.53. The first-order chi connectivity index (χ1) is 5.77. The monoisotopic (exact) mass is 168 g/mol. The maximum absolute atomic E-state index is 5.80. The average Bonchev–Trinajstić information content (AvgIpc) is 2.84. The SMILES string of the molecule is CC1CCCN(C2(CN)CC2)C1. The van der Waals surface area contributed by atoms with Crippen LogP contribution in [0.5, 0.6) is 0 Å². The van der Waals surface area contributed by atoms with Gasteiger partial charge in [-0.3, -0.25) is 4.90 Å². The summed E-state index contributed by atoms with van der Waals surface area (Å²) in [6.07, 6.45) is 5.48. The summed E-state index contributed by atoms with van der Waals surface area (Å²) in [5, 5.41) is 0. The maximum atomic E-state index is 5.80. The Balaban J connectivity index is 1.94. The van der Waals surface area contributed by atoms with Gasteiger partial charge in [-0.05, 0) is 38.1 Å². The molecule has 0 spiro atoms. The molecule has 0 aromatic heterocycles. The highest BCUT2D eigenvalue weighted by Crippen LogP contribution is 2.42. The molecule has 70 valence electrons. The topological polar surface area (TPSA) is 29.3 Å². The normalized spacial score (nSPS) is 35.0. The molecule has 1 aliphatic heterocycles. The van der Waals surface area contributed by atoms with E-state index >= 15 is 0 Å². The van der Waals surface area contributed by atoms with E-state index in [0.29, 0.717) is 5.54 Å². The smallest absolute Gasteiger partial charge is 0.0333 e. The van der Waals surface area contributed by atoms with Crippen LogP contribution in [-0.4, -0.2) is 30.1 Å². The van der Waals surface area contributed by atoms with Gasteiger partial charge in [-0.15, -0.1) is 0 Å². The number of hydrogen-bond donors (Lipinski definition) is 1. The second-order valence-corrected chi connectivity index (χ2v) is 4.62. The van der Waals surface area contributed by atoms with Crippen LogP contribution in [0.15, 0.2) is 0 Å². The lowest BCUT2D eigenvalue weighted by Gasteiger charge is -2.37. The fourth-order valence-corrected chi connectivity index (χ4v) is 2.41. The largest absolute Gasteiger partial charge is 0.329 e. The van der Waals surface area contributed by atoms with Crippen LogP contribution in [0.3, 0.4) is 0 Å². The van der Waals surface area contributed by atoms with Crippen LogP contribution in [0.4, 0.5) is 0 Å². The summed E-state index contributed by atoms with van der Waals surface area (Å²) in [5.41, 5.74) is 6.26. The molecule has 1 aliphatic carbocycles. The van der Waals surface area contributed by atoms with Gasteiger partial charge < -0.3 is 5.73 Å². The molecular weight excluding hydrogens is 148 g/mol. The Bertz CT molecular complexity index is 163. The summed E-state index contributed by atoms with van der Waals surface area (Å²) in [5.74, 6) is 0.891. The fraction of sp³-hybridized carbons (Fsp3) is 1.00. The van der Waals surface area contributed by atoms with Crippen molar-refractivity contribution in [2.24, 2.45) is 11.7 Å². The quantitative estimate of drug-likeness (QED) is 0.671. The van der Waals surface area contributed by atoms with E-state index in [9.17, 15) is 0 Å². The van der Waals surface area contributed by atoms with Gasteiger partial charge in [0.15, 0.2) is 0 Å². The van der Waals surface area contributed by atoms with E-state index in [0.717, 1.165) is 12.5 Å². The summed E-state index contributed by atoms with van der Waals surface area (Å²) in [4.78, 5) is 2.64. The second kappa shape index (κ2) is 3.00. The zero-order valence-electron chi connectivity index (χ0n) is 8.05. The van der Waals surface area contributed by atoms with Crippen molar-refractivity contribution in [3.05, 3.63) is 0 Å². The number of hydrogen-bond acceptors (Lipinski definition) is 2. The second-order valence-electron chi connectivity index (χ2n) is 4.62. The van der Waals surface area contributed by atoms with Crippen LogP contribution in [-0.2, 0) is 0 Å². The molecule has 2 fully saturated rings. The molecule has 1 unspecified atom stereocenters. The van der Waals surface area contributed by atoms with Crippen molar-refractivity contribution >= 4 is 0 Å². The zero-order chi connectivity index (χ0) is 8.60. The molecule has 2 nitrogen and oxygen atoms in total. The first kappa shape index (κ1) is 8.52. The van der Waals surface area contributed by atoms with Gasteiger partial charge in [-0.25, -0.2) is 0 Å². The highest BCUT2D eigenvalue weighted by molar-refractivity contribution is 5.05. The molecule has 2 heteroatoms. The predicted octanol–water partition coefficient (Wildman–Crippen LogP) is 1.21. The molecule has 0 bridgehead atoms. The van der Waals surface area contributed by atoms with E-state index in [4.69, 9.17) is 5.73 Å². The fourth-order valence-electron chi connectivity index (χ4n) is 2.41. The molecule has 2 N–H and O–H groups in total. The molecule has 12 heavy (non-hydrogen) atoms. The molecule has 2 aliphatic rings. The van der Waals surface area contributed by atoms with E-state index in [1.807, 2.05) is 0 Å². The molecule has 1 saturated carbocycles. The summed E-state index contributed by atoms with van der Waals surface area (Å²) < 4.78 is 0. The van der Waals surface area contributed by atoms with Crippen molar-refractivity contribution in [2.45, 2.75) is 38.1 Å². The van der Waals surface area contributed by atoms with E-state index in [1.54, 1.807) is 0 Å². The molecule has 2 rings (SSSR count). The Morgan fingerprint density at radius 1 is 1.50 bits per heavy atom. The molecule has 0 aromatic carbocycles. The van der Waals surface area contributed by atoms with Gasteiger partial charge in [0, 0.05) is 18.6 Å². The van der Waals surface area contributed by atoms with Crippen molar-refractivity contribution < 1.29 is 0 Å². The minimum absolute atomic E-state index is 0.453. The summed E-state index contributed by atoms with van der Waals surface area (Å²) in [7, 11) is 0. The zero-order valence-corrected chi connectivity index (χ0v) is 8.05. The van der Waals surface area contributed by atoms with Crippen LogP contribution in [0.2, 0.25) is 0 Å². The van der Waals surface area contributed by atoms with Crippen LogP contribution < -0.4 is 5.73 Å². The molecule has 1 atom stereocenters. The average molecular weight is 168 g/mol. The number of nitrogens with zero attached hydrogens (tertiary/aromatic N) is 1. The Morgan fingerprint density at radius 2 is 2.25 bits per heavy atom. The van der Waals surface area contributed by atoms with Crippen LogP contribution >= 0.6 is 0 Å². The first-order valence-corrected chi connectivity index (χ1v) is 5.22. The minimum Gasteiger partial charge on any atom is -0.329 e. The Morgan fingerprint density at radius 3 is 2.75 bits per heavy atom. The molecule has 1 heterocycles. The Kier molecular flexibility index (Phi) is 2.13. The first-order valence-electron chi connectivity index (χ1n) is 5.22. The van der Waals surface area contributed by atoms with E-state index < -0.39 is 0 Å². The predicted molar refractivity (Wildman–Crippen MR) is 51.0 cm³/mol. The third-order valence-electron chi connectivity index (χ3n) is 3.53. The number of piperidine rings is 1. The van der Waals surface area contributed by atoms with Gasteiger partial charge in [-0.1, -0.05) is 6.92 Å². The molecule has 0 amide bonds. The molecule has 0 radical (unpaired) electrons. The van der Waals surface area contributed by atoms with Crippen LogP contribution in [0.25, 0.3) is 0 Å². The van der Waals surface area contributed by atoms with Gasteiger partial charge >= 0.3 is 0 Å². The van der Waals surface area contributed by atoms with Crippen molar-refractivity contribution in [1.82, 2.24) is 4.90 Å². The van der Waals surface area contributed by atoms with Crippen molar-refractivity contribution in [3.63, 3.8) is 0 Å². The van der Waals surface area contributed by atoms with Crippen molar-refractivity contribution in [1.29, 1.82) is 0 Å². The van der Waals surface area contributed by atoms with Gasteiger partial charge in [-0.2, -0.15) is 0 Å². The van der Waals surface area contributed by atoms with E-state index in [1.165, 1.54) is 38.8 Å².